The van der Waals surface area contributed by atoms with Gasteiger partial charge in [0.1, 0.15) is 0 Å². The van der Waals surface area contributed by atoms with Gasteiger partial charge >= 0.3 is 0 Å². The van der Waals surface area contributed by atoms with Crippen LogP contribution in [0.2, 0.25) is 0 Å². The molecule has 4 aliphatic rings. The van der Waals surface area contributed by atoms with E-state index in [0.717, 1.165) is 36.8 Å². The zero-order valence-electron chi connectivity index (χ0n) is 11.4. The Bertz CT molecular complexity index is 313. The monoisotopic (exact) mass is 246 g/mol. The fourth-order valence-corrected chi connectivity index (χ4v) is 3.89. The van der Waals surface area contributed by atoms with E-state index in [9.17, 15) is 0 Å². The van der Waals surface area contributed by atoms with Gasteiger partial charge in [-0.05, 0) is 68.6 Å². The second-order valence-corrected chi connectivity index (χ2v) is 6.58. The maximum absolute atomic E-state index is 4.76. The Morgan fingerprint density at radius 3 is 2.11 bits per heavy atom. The summed E-state index contributed by atoms with van der Waals surface area (Å²) in [6.45, 7) is 2.17. The number of nitrogens with zero attached hydrogens (tertiary/aromatic N) is 2. The van der Waals surface area contributed by atoms with E-state index in [-0.39, 0.29) is 0 Å². The standard InChI is InChI=1S/C16H26N2/c1-6-16-9-13(1)7-8-17-10-14-2-4-15(5-3-14)11-18-12-16/h10-11,13-16H,1-9,12H2. The minimum atomic E-state index is 0.758. The van der Waals surface area contributed by atoms with E-state index in [1.165, 1.54) is 51.4 Å². The number of hydrogen-bond donors (Lipinski definition) is 0. The highest BCUT2D eigenvalue weighted by Crippen LogP contribution is 2.34. The van der Waals surface area contributed by atoms with Gasteiger partial charge in [0.05, 0.1) is 0 Å². The van der Waals surface area contributed by atoms with Gasteiger partial charge in [0.2, 0.25) is 0 Å². The summed E-state index contributed by atoms with van der Waals surface area (Å²) in [7, 11) is 0. The van der Waals surface area contributed by atoms with Crippen molar-refractivity contribution in [3.05, 3.63) is 0 Å². The Morgan fingerprint density at radius 1 is 0.667 bits per heavy atom. The fraction of sp³-hybridized carbons (Fsp3) is 0.875. The van der Waals surface area contributed by atoms with E-state index in [0.29, 0.717) is 0 Å². The summed E-state index contributed by atoms with van der Waals surface area (Å²) < 4.78 is 0. The van der Waals surface area contributed by atoms with Gasteiger partial charge in [0.25, 0.3) is 0 Å². The van der Waals surface area contributed by atoms with Crippen LogP contribution in [0, 0.1) is 23.7 Å². The number of fused-ring (bicyclic) bond motifs is 5. The Balaban J connectivity index is 1.64. The Hall–Kier alpha value is -0.660. The van der Waals surface area contributed by atoms with Crippen molar-refractivity contribution < 1.29 is 0 Å². The van der Waals surface area contributed by atoms with Gasteiger partial charge in [-0.3, -0.25) is 9.98 Å². The van der Waals surface area contributed by atoms with Gasteiger partial charge < -0.3 is 0 Å². The molecule has 2 saturated carbocycles. The molecule has 18 heavy (non-hydrogen) atoms. The van der Waals surface area contributed by atoms with E-state index in [1.54, 1.807) is 0 Å². The lowest BCUT2D eigenvalue weighted by molar-refractivity contribution is 0.394. The summed E-state index contributed by atoms with van der Waals surface area (Å²) in [5.74, 6) is 3.32. The van der Waals surface area contributed by atoms with Crippen molar-refractivity contribution in [3.8, 4) is 0 Å². The van der Waals surface area contributed by atoms with Crippen LogP contribution in [0.3, 0.4) is 0 Å². The minimum absolute atomic E-state index is 0.758. The smallest absolute Gasteiger partial charge is 0.0413 e. The molecule has 0 aromatic rings. The molecule has 0 aromatic heterocycles. The highest BCUT2D eigenvalue weighted by Gasteiger charge is 2.24. The van der Waals surface area contributed by atoms with Crippen LogP contribution in [-0.2, 0) is 0 Å². The van der Waals surface area contributed by atoms with Crippen molar-refractivity contribution in [2.45, 2.75) is 51.4 Å². The van der Waals surface area contributed by atoms with Gasteiger partial charge in [-0.25, -0.2) is 0 Å². The molecule has 2 fully saturated rings. The quantitative estimate of drug-likeness (QED) is 0.622. The average Bonchev–Trinajstić information content (AvgIpc) is 2.84. The molecule has 2 atom stereocenters. The van der Waals surface area contributed by atoms with Crippen molar-refractivity contribution in [2.75, 3.05) is 13.1 Å². The summed E-state index contributed by atoms with van der Waals surface area (Å²) >= 11 is 0. The third kappa shape index (κ3) is 3.21. The fourth-order valence-electron chi connectivity index (χ4n) is 3.89. The van der Waals surface area contributed by atoms with Crippen LogP contribution in [0.1, 0.15) is 51.4 Å². The molecule has 4 bridgehead atoms. The second kappa shape index (κ2) is 5.99. The van der Waals surface area contributed by atoms with Crippen LogP contribution >= 0.6 is 0 Å². The zero-order valence-corrected chi connectivity index (χ0v) is 11.4. The first-order chi connectivity index (χ1) is 8.90. The maximum atomic E-state index is 4.76. The summed E-state index contributed by atoms with van der Waals surface area (Å²) in [5, 5.41) is 0. The summed E-state index contributed by atoms with van der Waals surface area (Å²) in [4.78, 5) is 9.45. The first-order valence-corrected chi connectivity index (χ1v) is 7.90. The van der Waals surface area contributed by atoms with Crippen LogP contribution in [0.15, 0.2) is 9.98 Å². The lowest BCUT2D eigenvalue weighted by Crippen LogP contribution is -2.17. The van der Waals surface area contributed by atoms with Crippen molar-refractivity contribution in [3.63, 3.8) is 0 Å². The molecular formula is C16H26N2. The Morgan fingerprint density at radius 2 is 1.33 bits per heavy atom. The molecule has 2 heterocycles. The van der Waals surface area contributed by atoms with Crippen molar-refractivity contribution in [1.29, 1.82) is 0 Å². The van der Waals surface area contributed by atoms with Crippen LogP contribution < -0.4 is 0 Å². The lowest BCUT2D eigenvalue weighted by Gasteiger charge is -2.23. The van der Waals surface area contributed by atoms with Gasteiger partial charge in [0, 0.05) is 25.5 Å². The molecule has 100 valence electrons. The van der Waals surface area contributed by atoms with Crippen molar-refractivity contribution >= 4 is 12.4 Å². The Labute approximate surface area is 111 Å². The maximum Gasteiger partial charge on any atom is 0.0413 e. The normalized spacial score (nSPS) is 40.9. The van der Waals surface area contributed by atoms with Gasteiger partial charge in [-0.1, -0.05) is 6.42 Å². The molecule has 0 amide bonds. The van der Waals surface area contributed by atoms with E-state index in [1.807, 2.05) is 0 Å². The SMILES string of the molecule is C1=NCCC2CCC(CN=CC3CCC1CC3)C2. The molecule has 2 nitrogen and oxygen atoms in total. The van der Waals surface area contributed by atoms with E-state index in [2.05, 4.69) is 12.4 Å². The van der Waals surface area contributed by atoms with Crippen LogP contribution in [0.4, 0.5) is 0 Å². The summed E-state index contributed by atoms with van der Waals surface area (Å²) in [6, 6.07) is 0. The van der Waals surface area contributed by atoms with E-state index >= 15 is 0 Å². The molecule has 4 rings (SSSR count). The average molecular weight is 246 g/mol. The predicted octanol–water partition coefficient (Wildman–Crippen LogP) is 3.75. The van der Waals surface area contributed by atoms with Gasteiger partial charge in [-0.15, -0.1) is 0 Å². The van der Waals surface area contributed by atoms with Crippen LogP contribution in [0.5, 0.6) is 0 Å². The molecule has 2 unspecified atom stereocenters. The van der Waals surface area contributed by atoms with Crippen molar-refractivity contribution in [1.82, 2.24) is 0 Å². The van der Waals surface area contributed by atoms with Crippen molar-refractivity contribution in [2.24, 2.45) is 33.7 Å². The molecule has 0 spiro atoms. The number of aliphatic imine (C=N–C) groups is 2. The van der Waals surface area contributed by atoms with Gasteiger partial charge in [0.15, 0.2) is 0 Å². The zero-order chi connectivity index (χ0) is 12.2. The lowest BCUT2D eigenvalue weighted by atomic mass is 9.83. The summed E-state index contributed by atoms with van der Waals surface area (Å²) in [5.41, 5.74) is 0. The minimum Gasteiger partial charge on any atom is -0.297 e. The second-order valence-electron chi connectivity index (χ2n) is 6.58. The predicted molar refractivity (Wildman–Crippen MR) is 77.6 cm³/mol. The topological polar surface area (TPSA) is 24.7 Å². The molecule has 0 radical (unpaired) electrons. The number of rotatable bonds is 0. The first-order valence-electron chi connectivity index (χ1n) is 7.90. The third-order valence-corrected chi connectivity index (χ3v) is 5.13. The highest BCUT2D eigenvalue weighted by atomic mass is 14.7. The van der Waals surface area contributed by atoms with Crippen LogP contribution in [0.25, 0.3) is 0 Å². The molecule has 0 aromatic carbocycles. The molecule has 2 aliphatic heterocycles. The molecule has 0 saturated heterocycles. The largest absolute Gasteiger partial charge is 0.297 e. The Kier molecular flexibility index (Phi) is 4.12. The highest BCUT2D eigenvalue weighted by molar-refractivity contribution is 5.63. The van der Waals surface area contributed by atoms with Gasteiger partial charge in [-0.2, -0.15) is 0 Å². The first kappa shape index (κ1) is 12.4. The number of hydrogen-bond acceptors (Lipinski definition) is 2. The molecule has 0 N–H and O–H groups in total. The molecular weight excluding hydrogens is 220 g/mol. The van der Waals surface area contributed by atoms with E-state index < -0.39 is 0 Å². The summed E-state index contributed by atoms with van der Waals surface area (Å²) in [6.07, 6.45) is 15.4. The van der Waals surface area contributed by atoms with Crippen LogP contribution in [-0.4, -0.2) is 25.5 Å². The third-order valence-electron chi connectivity index (χ3n) is 5.13. The molecule has 2 heteroatoms. The van der Waals surface area contributed by atoms with E-state index in [4.69, 9.17) is 9.98 Å². The molecule has 2 aliphatic carbocycles.